The minimum atomic E-state index is -0.988. The third-order valence-electron chi connectivity index (χ3n) is 2.16. The number of carboxylic acids is 1. The number of aromatic nitrogens is 1. The molecule has 1 atom stereocenters. The lowest BCUT2D eigenvalue weighted by atomic mass is 10.3. The van der Waals surface area contributed by atoms with Crippen LogP contribution >= 0.6 is 0 Å². The second-order valence-corrected chi connectivity index (χ2v) is 3.29. The summed E-state index contributed by atoms with van der Waals surface area (Å²) >= 11 is 0. The largest absolute Gasteiger partial charge is 0.478 e. The molecular weight excluding hydrogens is 198 g/mol. The van der Waals surface area contributed by atoms with Crippen LogP contribution in [0.5, 0.6) is 5.88 Å². The highest BCUT2D eigenvalue weighted by Gasteiger charge is 2.17. The average molecular weight is 209 g/mol. The molecule has 0 spiro atoms. The van der Waals surface area contributed by atoms with Gasteiger partial charge in [0.25, 0.3) is 0 Å². The van der Waals surface area contributed by atoms with Gasteiger partial charge >= 0.3 is 5.97 Å². The lowest BCUT2D eigenvalue weighted by Gasteiger charge is -2.10. The van der Waals surface area contributed by atoms with E-state index in [2.05, 4.69) is 4.98 Å². The molecule has 0 radical (unpaired) electrons. The maximum absolute atomic E-state index is 10.6. The summed E-state index contributed by atoms with van der Waals surface area (Å²) in [6, 6.07) is 3.03. The van der Waals surface area contributed by atoms with Gasteiger partial charge < -0.3 is 14.6 Å². The van der Waals surface area contributed by atoms with Gasteiger partial charge in [-0.05, 0) is 6.07 Å². The number of ether oxygens (including phenoxy) is 2. The van der Waals surface area contributed by atoms with Crippen molar-refractivity contribution in [3.8, 4) is 5.88 Å². The first-order valence-corrected chi connectivity index (χ1v) is 4.69. The van der Waals surface area contributed by atoms with Crippen molar-refractivity contribution in [2.45, 2.75) is 12.5 Å². The average Bonchev–Trinajstić information content (AvgIpc) is 2.71. The predicted molar refractivity (Wildman–Crippen MR) is 51.0 cm³/mol. The molecule has 2 heterocycles. The molecule has 5 nitrogen and oxygen atoms in total. The van der Waals surface area contributed by atoms with Crippen LogP contribution < -0.4 is 4.74 Å². The number of nitrogens with zero attached hydrogens (tertiary/aromatic N) is 1. The molecule has 0 aliphatic carbocycles. The van der Waals surface area contributed by atoms with E-state index in [4.69, 9.17) is 14.6 Å². The fraction of sp³-hybridized carbons (Fsp3) is 0.400. The van der Waals surface area contributed by atoms with E-state index in [9.17, 15) is 4.79 Å². The second kappa shape index (κ2) is 4.27. The number of rotatable bonds is 3. The van der Waals surface area contributed by atoms with Gasteiger partial charge in [-0.1, -0.05) is 0 Å². The van der Waals surface area contributed by atoms with Crippen molar-refractivity contribution in [3.05, 3.63) is 23.9 Å². The van der Waals surface area contributed by atoms with E-state index in [1.807, 2.05) is 0 Å². The summed E-state index contributed by atoms with van der Waals surface area (Å²) in [5.74, 6) is -0.547. The minimum Gasteiger partial charge on any atom is -0.478 e. The van der Waals surface area contributed by atoms with Gasteiger partial charge in [0.15, 0.2) is 0 Å². The molecule has 5 heteroatoms. The van der Waals surface area contributed by atoms with Crippen molar-refractivity contribution < 1.29 is 19.4 Å². The minimum absolute atomic E-state index is 0.0354. The number of pyridine rings is 1. The Bertz CT molecular complexity index is 343. The van der Waals surface area contributed by atoms with E-state index in [1.165, 1.54) is 12.3 Å². The number of hydrogen-bond donors (Lipinski definition) is 1. The molecule has 0 aromatic carbocycles. The van der Waals surface area contributed by atoms with E-state index >= 15 is 0 Å². The highest BCUT2D eigenvalue weighted by molar-refractivity contribution is 5.87. The molecule has 1 N–H and O–H groups in total. The quantitative estimate of drug-likeness (QED) is 0.802. The molecule has 1 aliphatic heterocycles. The smallest absolute Gasteiger partial charge is 0.337 e. The van der Waals surface area contributed by atoms with Gasteiger partial charge in [-0.3, -0.25) is 0 Å². The van der Waals surface area contributed by atoms with Crippen LogP contribution in [0, 0.1) is 0 Å². The molecule has 0 unspecified atom stereocenters. The van der Waals surface area contributed by atoms with Crippen LogP contribution in [0.2, 0.25) is 0 Å². The Morgan fingerprint density at radius 3 is 3.00 bits per heavy atom. The summed E-state index contributed by atoms with van der Waals surface area (Å²) < 4.78 is 10.6. The summed E-state index contributed by atoms with van der Waals surface area (Å²) in [6.45, 7) is 1.28. The topological polar surface area (TPSA) is 68.7 Å². The molecule has 80 valence electrons. The molecule has 0 amide bonds. The summed E-state index contributed by atoms with van der Waals surface area (Å²) in [5, 5.41) is 8.66. The van der Waals surface area contributed by atoms with Crippen LogP contribution in [-0.2, 0) is 4.74 Å². The number of aromatic carboxylic acids is 1. The SMILES string of the molecule is O=C(O)c1ccc(O[C@@H]2CCOC2)nc1. The Labute approximate surface area is 86.7 Å². The number of carboxylic acid groups (broad SMARTS) is 1. The third kappa shape index (κ3) is 2.44. The summed E-state index contributed by atoms with van der Waals surface area (Å²) in [5.41, 5.74) is 0.157. The Morgan fingerprint density at radius 2 is 2.47 bits per heavy atom. The highest BCUT2D eigenvalue weighted by Crippen LogP contribution is 2.14. The van der Waals surface area contributed by atoms with Crippen molar-refractivity contribution in [1.82, 2.24) is 4.98 Å². The Balaban J connectivity index is 2.00. The van der Waals surface area contributed by atoms with Crippen molar-refractivity contribution in [1.29, 1.82) is 0 Å². The maximum atomic E-state index is 10.6. The van der Waals surface area contributed by atoms with E-state index in [-0.39, 0.29) is 11.7 Å². The second-order valence-electron chi connectivity index (χ2n) is 3.29. The van der Waals surface area contributed by atoms with Gasteiger partial charge in [-0.25, -0.2) is 9.78 Å². The van der Waals surface area contributed by atoms with Crippen LogP contribution in [0.15, 0.2) is 18.3 Å². The fourth-order valence-electron chi connectivity index (χ4n) is 1.35. The summed E-state index contributed by atoms with van der Waals surface area (Å²) in [6.07, 6.45) is 2.17. The molecular formula is C10H11NO4. The van der Waals surface area contributed by atoms with Crippen LogP contribution in [-0.4, -0.2) is 35.4 Å². The molecule has 2 rings (SSSR count). The summed E-state index contributed by atoms with van der Waals surface area (Å²) in [7, 11) is 0. The van der Waals surface area contributed by atoms with Gasteiger partial charge in [-0.15, -0.1) is 0 Å². The molecule has 15 heavy (non-hydrogen) atoms. The van der Waals surface area contributed by atoms with Gasteiger partial charge in [0.05, 0.1) is 18.8 Å². The predicted octanol–water partition coefficient (Wildman–Crippen LogP) is 0.947. The molecule has 1 aromatic rings. The van der Waals surface area contributed by atoms with Crippen LogP contribution in [0.4, 0.5) is 0 Å². The van der Waals surface area contributed by atoms with Crippen molar-refractivity contribution in [2.75, 3.05) is 13.2 Å². The highest BCUT2D eigenvalue weighted by atomic mass is 16.5. The molecule has 1 saturated heterocycles. The van der Waals surface area contributed by atoms with Crippen LogP contribution in [0.1, 0.15) is 16.8 Å². The Morgan fingerprint density at radius 1 is 1.60 bits per heavy atom. The van der Waals surface area contributed by atoms with Gasteiger partial charge in [-0.2, -0.15) is 0 Å². The number of carbonyl (C=O) groups is 1. The monoisotopic (exact) mass is 209 g/mol. The standard InChI is InChI=1S/C10H11NO4/c12-10(13)7-1-2-9(11-5-7)15-8-3-4-14-6-8/h1-2,5,8H,3-4,6H2,(H,12,13)/t8-/m1/s1. The maximum Gasteiger partial charge on any atom is 0.337 e. The number of hydrogen-bond acceptors (Lipinski definition) is 4. The first-order valence-electron chi connectivity index (χ1n) is 4.69. The molecule has 0 saturated carbocycles. The molecule has 1 aromatic heterocycles. The van der Waals surface area contributed by atoms with E-state index in [0.29, 0.717) is 19.1 Å². The normalized spacial score (nSPS) is 20.1. The zero-order valence-corrected chi connectivity index (χ0v) is 8.05. The van der Waals surface area contributed by atoms with E-state index in [0.717, 1.165) is 6.42 Å². The van der Waals surface area contributed by atoms with Gasteiger partial charge in [0.1, 0.15) is 6.10 Å². The Kier molecular flexibility index (Phi) is 2.82. The molecule has 1 fully saturated rings. The lowest BCUT2D eigenvalue weighted by Crippen LogP contribution is -2.16. The van der Waals surface area contributed by atoms with Crippen molar-refractivity contribution in [3.63, 3.8) is 0 Å². The third-order valence-corrected chi connectivity index (χ3v) is 2.16. The zero-order chi connectivity index (χ0) is 10.7. The van der Waals surface area contributed by atoms with E-state index in [1.54, 1.807) is 6.07 Å². The van der Waals surface area contributed by atoms with Gasteiger partial charge in [0, 0.05) is 18.7 Å². The molecule has 1 aliphatic rings. The Hall–Kier alpha value is -1.62. The first-order chi connectivity index (χ1) is 7.25. The molecule has 0 bridgehead atoms. The fourth-order valence-corrected chi connectivity index (χ4v) is 1.35. The van der Waals surface area contributed by atoms with Crippen molar-refractivity contribution in [2.24, 2.45) is 0 Å². The zero-order valence-electron chi connectivity index (χ0n) is 8.05. The summed E-state index contributed by atoms with van der Waals surface area (Å²) in [4.78, 5) is 14.5. The van der Waals surface area contributed by atoms with Gasteiger partial charge in [0.2, 0.25) is 5.88 Å². The van der Waals surface area contributed by atoms with Crippen molar-refractivity contribution >= 4 is 5.97 Å². The van der Waals surface area contributed by atoms with E-state index < -0.39 is 5.97 Å². The van der Waals surface area contributed by atoms with Crippen LogP contribution in [0.25, 0.3) is 0 Å². The first kappa shape index (κ1) is 9.92. The lowest BCUT2D eigenvalue weighted by molar-refractivity contribution is 0.0696. The van der Waals surface area contributed by atoms with Crippen LogP contribution in [0.3, 0.4) is 0 Å².